The first-order chi connectivity index (χ1) is 10.2. The molecule has 0 amide bonds. The van der Waals surface area contributed by atoms with Gasteiger partial charge in [0.1, 0.15) is 0 Å². The van der Waals surface area contributed by atoms with Crippen LogP contribution in [-0.4, -0.2) is 37.7 Å². The van der Waals surface area contributed by atoms with Crippen LogP contribution in [0.15, 0.2) is 29.4 Å². The Hall–Kier alpha value is -1.62. The van der Waals surface area contributed by atoms with Crippen LogP contribution in [0.5, 0.6) is 0 Å². The number of pyridine rings is 1. The summed E-state index contributed by atoms with van der Waals surface area (Å²) in [5, 5.41) is 3.16. The number of guanidine groups is 1. The number of rotatable bonds is 8. The van der Waals surface area contributed by atoms with Crippen molar-refractivity contribution >= 4 is 5.96 Å². The van der Waals surface area contributed by atoms with Crippen molar-refractivity contribution in [3.8, 4) is 0 Å². The highest BCUT2D eigenvalue weighted by atomic mass is 16.5. The Morgan fingerprint density at radius 1 is 1.48 bits per heavy atom. The molecule has 5 heteroatoms. The molecule has 0 aliphatic heterocycles. The van der Waals surface area contributed by atoms with Gasteiger partial charge in [-0.15, -0.1) is 0 Å². The fourth-order valence-electron chi connectivity index (χ4n) is 2.66. The molecule has 0 aromatic carbocycles. The molecule has 0 unspecified atom stereocenters. The van der Waals surface area contributed by atoms with Gasteiger partial charge in [0.05, 0.1) is 0 Å². The average Bonchev–Trinajstić information content (AvgIpc) is 2.47. The van der Waals surface area contributed by atoms with Crippen molar-refractivity contribution in [3.63, 3.8) is 0 Å². The molecule has 1 aromatic heterocycles. The Morgan fingerprint density at radius 2 is 2.33 bits per heavy atom. The first kappa shape index (κ1) is 15.8. The van der Waals surface area contributed by atoms with Crippen LogP contribution in [0.4, 0.5) is 0 Å². The number of hydrogen-bond donors (Lipinski definition) is 2. The summed E-state index contributed by atoms with van der Waals surface area (Å²) in [4.78, 5) is 8.79. The van der Waals surface area contributed by atoms with Crippen LogP contribution < -0.4 is 11.1 Å². The van der Waals surface area contributed by atoms with Gasteiger partial charge in [0.2, 0.25) is 0 Å². The maximum Gasteiger partial charge on any atom is 0.188 e. The van der Waals surface area contributed by atoms with Gasteiger partial charge in [-0.05, 0) is 36.8 Å². The number of hydrogen-bond acceptors (Lipinski definition) is 3. The van der Waals surface area contributed by atoms with Crippen LogP contribution >= 0.6 is 0 Å². The molecule has 0 spiro atoms. The van der Waals surface area contributed by atoms with E-state index in [0.29, 0.717) is 11.4 Å². The minimum atomic E-state index is 0.323. The van der Waals surface area contributed by atoms with Crippen molar-refractivity contribution in [2.24, 2.45) is 16.1 Å². The van der Waals surface area contributed by atoms with Gasteiger partial charge in [0, 0.05) is 45.1 Å². The highest BCUT2D eigenvalue weighted by Crippen LogP contribution is 2.44. The van der Waals surface area contributed by atoms with Crippen molar-refractivity contribution in [2.75, 3.05) is 26.8 Å². The molecule has 21 heavy (non-hydrogen) atoms. The maximum absolute atomic E-state index is 5.94. The van der Waals surface area contributed by atoms with Crippen molar-refractivity contribution in [1.29, 1.82) is 0 Å². The fourth-order valence-corrected chi connectivity index (χ4v) is 2.66. The summed E-state index contributed by atoms with van der Waals surface area (Å²) >= 11 is 0. The van der Waals surface area contributed by atoms with E-state index < -0.39 is 0 Å². The Balaban J connectivity index is 1.71. The Labute approximate surface area is 127 Å². The first-order valence-corrected chi connectivity index (χ1v) is 7.67. The molecule has 1 aromatic rings. The number of nitrogens with two attached hydrogens (primary N) is 1. The predicted molar refractivity (Wildman–Crippen MR) is 85.2 cm³/mol. The SMILES string of the molecule is COCCC1(CN=C(N)NCCc2ccccn2)CCC1. The molecular weight excluding hydrogens is 264 g/mol. The van der Waals surface area contributed by atoms with Gasteiger partial charge in [-0.3, -0.25) is 9.98 Å². The number of aromatic nitrogens is 1. The molecular formula is C16H26N4O. The van der Waals surface area contributed by atoms with Gasteiger partial charge in [-0.25, -0.2) is 0 Å². The van der Waals surface area contributed by atoms with Crippen LogP contribution in [0.1, 0.15) is 31.4 Å². The first-order valence-electron chi connectivity index (χ1n) is 7.67. The van der Waals surface area contributed by atoms with E-state index in [9.17, 15) is 0 Å². The third-order valence-corrected chi connectivity index (χ3v) is 4.25. The monoisotopic (exact) mass is 290 g/mol. The number of aliphatic imine (C=N–C) groups is 1. The average molecular weight is 290 g/mol. The normalized spacial score (nSPS) is 17.3. The quantitative estimate of drug-likeness (QED) is 0.565. The maximum atomic E-state index is 5.94. The third-order valence-electron chi connectivity index (χ3n) is 4.25. The summed E-state index contributed by atoms with van der Waals surface area (Å²) in [6.45, 7) is 2.37. The summed E-state index contributed by atoms with van der Waals surface area (Å²) in [7, 11) is 1.75. The van der Waals surface area contributed by atoms with Gasteiger partial charge in [0.15, 0.2) is 5.96 Å². The summed E-state index contributed by atoms with van der Waals surface area (Å²) < 4.78 is 5.19. The lowest BCUT2D eigenvalue weighted by atomic mass is 9.67. The van der Waals surface area contributed by atoms with E-state index >= 15 is 0 Å². The summed E-state index contributed by atoms with van der Waals surface area (Å²) in [6.07, 6.45) is 7.51. The standard InChI is InChI=1S/C16H26N4O/c1-21-12-9-16(7-4-8-16)13-20-15(17)19-11-6-14-5-2-3-10-18-14/h2-3,5,10H,4,6-9,11-13H2,1H3,(H3,17,19,20). The van der Waals surface area contributed by atoms with E-state index in [2.05, 4.69) is 15.3 Å². The second kappa shape index (κ2) is 7.98. The summed E-state index contributed by atoms with van der Waals surface area (Å²) in [5.74, 6) is 0.537. The molecule has 1 fully saturated rings. The molecule has 1 heterocycles. The van der Waals surface area contributed by atoms with Crippen LogP contribution in [-0.2, 0) is 11.2 Å². The molecule has 2 rings (SSSR count). The number of methoxy groups -OCH3 is 1. The van der Waals surface area contributed by atoms with Crippen LogP contribution in [0, 0.1) is 5.41 Å². The molecule has 0 atom stereocenters. The molecule has 0 bridgehead atoms. The van der Waals surface area contributed by atoms with Crippen molar-refractivity contribution < 1.29 is 4.74 Å². The Kier molecular flexibility index (Phi) is 5.99. The largest absolute Gasteiger partial charge is 0.385 e. The van der Waals surface area contributed by atoms with E-state index in [0.717, 1.165) is 38.2 Å². The van der Waals surface area contributed by atoms with E-state index in [1.165, 1.54) is 19.3 Å². The second-order valence-electron chi connectivity index (χ2n) is 5.80. The highest BCUT2D eigenvalue weighted by Gasteiger charge is 2.36. The zero-order chi connectivity index (χ0) is 15.0. The molecule has 0 radical (unpaired) electrons. The minimum absolute atomic E-state index is 0.323. The fraction of sp³-hybridized carbons (Fsp3) is 0.625. The van der Waals surface area contributed by atoms with Gasteiger partial charge in [0.25, 0.3) is 0 Å². The molecule has 116 valence electrons. The van der Waals surface area contributed by atoms with Crippen LogP contribution in [0.2, 0.25) is 0 Å². The molecule has 1 aliphatic rings. The molecule has 1 aliphatic carbocycles. The zero-order valence-electron chi connectivity index (χ0n) is 12.8. The lowest BCUT2D eigenvalue weighted by Crippen LogP contribution is -2.38. The van der Waals surface area contributed by atoms with Crippen molar-refractivity contribution in [1.82, 2.24) is 10.3 Å². The number of ether oxygens (including phenoxy) is 1. The van der Waals surface area contributed by atoms with Crippen molar-refractivity contribution in [3.05, 3.63) is 30.1 Å². The third kappa shape index (κ3) is 5.01. The van der Waals surface area contributed by atoms with E-state index in [1.54, 1.807) is 7.11 Å². The summed E-state index contributed by atoms with van der Waals surface area (Å²) in [6, 6.07) is 5.93. The minimum Gasteiger partial charge on any atom is -0.385 e. The lowest BCUT2D eigenvalue weighted by molar-refractivity contribution is 0.0779. The van der Waals surface area contributed by atoms with Gasteiger partial charge >= 0.3 is 0 Å². The molecule has 5 nitrogen and oxygen atoms in total. The number of nitrogens with zero attached hydrogens (tertiary/aromatic N) is 2. The van der Waals surface area contributed by atoms with Gasteiger partial charge in [-0.1, -0.05) is 12.5 Å². The molecule has 3 N–H and O–H groups in total. The topological polar surface area (TPSA) is 72.5 Å². The van der Waals surface area contributed by atoms with E-state index in [4.69, 9.17) is 10.5 Å². The molecule has 0 saturated heterocycles. The van der Waals surface area contributed by atoms with Crippen LogP contribution in [0.3, 0.4) is 0 Å². The van der Waals surface area contributed by atoms with E-state index in [1.807, 2.05) is 24.4 Å². The second-order valence-corrected chi connectivity index (χ2v) is 5.80. The van der Waals surface area contributed by atoms with Gasteiger partial charge in [-0.2, -0.15) is 0 Å². The van der Waals surface area contributed by atoms with Crippen LogP contribution in [0.25, 0.3) is 0 Å². The van der Waals surface area contributed by atoms with Crippen molar-refractivity contribution in [2.45, 2.75) is 32.1 Å². The summed E-state index contributed by atoms with van der Waals surface area (Å²) in [5.41, 5.74) is 7.33. The number of nitrogens with one attached hydrogen (secondary N) is 1. The smallest absolute Gasteiger partial charge is 0.188 e. The highest BCUT2D eigenvalue weighted by molar-refractivity contribution is 5.77. The zero-order valence-corrected chi connectivity index (χ0v) is 12.8. The Morgan fingerprint density at radius 3 is 2.95 bits per heavy atom. The molecule has 1 saturated carbocycles. The Bertz CT molecular complexity index is 443. The van der Waals surface area contributed by atoms with Gasteiger partial charge < -0.3 is 15.8 Å². The predicted octanol–water partition coefficient (Wildman–Crippen LogP) is 1.74. The lowest BCUT2D eigenvalue weighted by Gasteiger charge is -2.40. The van der Waals surface area contributed by atoms with E-state index in [-0.39, 0.29) is 0 Å².